The Balaban J connectivity index is 1.52. The normalized spacial score (nSPS) is 37.0. The van der Waals surface area contributed by atoms with E-state index in [-0.39, 0.29) is 5.54 Å². The van der Waals surface area contributed by atoms with Gasteiger partial charge in [-0.2, -0.15) is 4.80 Å². The van der Waals surface area contributed by atoms with Crippen LogP contribution in [0.5, 0.6) is 0 Å². The molecule has 0 radical (unpaired) electrons. The van der Waals surface area contributed by atoms with Gasteiger partial charge in [0.25, 0.3) is 0 Å². The van der Waals surface area contributed by atoms with Gasteiger partial charge in [0, 0.05) is 6.20 Å². The van der Waals surface area contributed by atoms with Crippen molar-refractivity contribution < 1.29 is 0 Å². The van der Waals surface area contributed by atoms with Gasteiger partial charge in [-0.15, -0.1) is 10.2 Å². The van der Waals surface area contributed by atoms with Crippen LogP contribution in [-0.4, -0.2) is 25.2 Å². The molecule has 2 aromatic heterocycles. The number of rotatable bonds is 2. The molecule has 0 spiro atoms. The molecular weight excluding hydrogens is 262 g/mol. The van der Waals surface area contributed by atoms with Crippen molar-refractivity contribution in [1.29, 1.82) is 0 Å². The summed E-state index contributed by atoms with van der Waals surface area (Å²) in [6, 6.07) is 5.82. The molecule has 5 heteroatoms. The number of nitrogens with zero attached hydrogens (tertiary/aromatic N) is 5. The zero-order valence-corrected chi connectivity index (χ0v) is 12.0. The van der Waals surface area contributed by atoms with Gasteiger partial charge < -0.3 is 0 Å². The SMILES string of the molecule is c1ccc(-c2nnn(C34CC5CC(CC(C5)C3)C4)n2)nc1. The van der Waals surface area contributed by atoms with Crippen LogP contribution in [0.15, 0.2) is 24.4 Å². The number of tetrazole rings is 1. The molecule has 0 N–H and O–H groups in total. The topological polar surface area (TPSA) is 56.5 Å². The lowest BCUT2D eigenvalue weighted by atomic mass is 9.53. The third-order valence-corrected chi connectivity index (χ3v) is 5.74. The van der Waals surface area contributed by atoms with Gasteiger partial charge in [-0.25, -0.2) is 0 Å². The fourth-order valence-corrected chi connectivity index (χ4v) is 5.32. The first-order valence-electron chi connectivity index (χ1n) is 8.03. The summed E-state index contributed by atoms with van der Waals surface area (Å²) < 4.78 is 0. The van der Waals surface area contributed by atoms with Gasteiger partial charge in [-0.05, 0) is 73.6 Å². The molecule has 0 aliphatic heterocycles. The number of hydrogen-bond donors (Lipinski definition) is 0. The van der Waals surface area contributed by atoms with Crippen LogP contribution in [0, 0.1) is 17.8 Å². The molecule has 4 fully saturated rings. The van der Waals surface area contributed by atoms with Crippen molar-refractivity contribution in [3.63, 3.8) is 0 Å². The van der Waals surface area contributed by atoms with E-state index >= 15 is 0 Å². The summed E-state index contributed by atoms with van der Waals surface area (Å²) in [7, 11) is 0. The van der Waals surface area contributed by atoms with Crippen LogP contribution in [0.1, 0.15) is 38.5 Å². The van der Waals surface area contributed by atoms with E-state index in [1.54, 1.807) is 6.20 Å². The highest BCUT2D eigenvalue weighted by atomic mass is 15.6. The highest BCUT2D eigenvalue weighted by molar-refractivity contribution is 5.46. The maximum atomic E-state index is 4.70. The molecule has 2 aromatic rings. The van der Waals surface area contributed by atoms with E-state index < -0.39 is 0 Å². The number of aromatic nitrogens is 5. The first-order valence-corrected chi connectivity index (χ1v) is 8.03. The van der Waals surface area contributed by atoms with Crippen molar-refractivity contribution in [3.8, 4) is 11.5 Å². The third kappa shape index (κ3) is 1.76. The second-order valence-electron chi connectivity index (χ2n) is 7.26. The van der Waals surface area contributed by atoms with Gasteiger partial charge in [0.05, 0.1) is 5.54 Å². The Kier molecular flexibility index (Phi) is 2.32. The molecular formula is C16H19N5. The molecule has 4 aliphatic rings. The Morgan fingerprint density at radius 2 is 1.71 bits per heavy atom. The number of hydrogen-bond acceptors (Lipinski definition) is 4. The van der Waals surface area contributed by atoms with Crippen molar-refractivity contribution >= 4 is 0 Å². The molecule has 6 rings (SSSR count). The molecule has 0 saturated heterocycles. The molecule has 0 atom stereocenters. The molecule has 4 bridgehead atoms. The van der Waals surface area contributed by atoms with E-state index in [1.807, 2.05) is 23.0 Å². The van der Waals surface area contributed by atoms with Crippen LogP contribution < -0.4 is 0 Å². The van der Waals surface area contributed by atoms with Crippen LogP contribution in [0.25, 0.3) is 11.5 Å². The van der Waals surface area contributed by atoms with Crippen LogP contribution in [-0.2, 0) is 5.54 Å². The summed E-state index contributed by atoms with van der Waals surface area (Å²) in [5, 5.41) is 13.4. The molecule has 0 aromatic carbocycles. The summed E-state index contributed by atoms with van der Waals surface area (Å²) in [6.07, 6.45) is 9.81. The fourth-order valence-electron chi connectivity index (χ4n) is 5.32. The first kappa shape index (κ1) is 11.8. The van der Waals surface area contributed by atoms with Crippen molar-refractivity contribution in [1.82, 2.24) is 25.2 Å². The Morgan fingerprint density at radius 3 is 2.33 bits per heavy atom. The standard InChI is InChI=1S/C16H19N5/c1-2-4-17-14(3-1)15-18-20-21(19-15)16-8-11-5-12(9-16)7-13(6-11)10-16/h1-4,11-13H,5-10H2. The quantitative estimate of drug-likeness (QED) is 0.849. The van der Waals surface area contributed by atoms with E-state index in [9.17, 15) is 0 Å². The van der Waals surface area contributed by atoms with E-state index in [1.165, 1.54) is 38.5 Å². The molecule has 0 unspecified atom stereocenters. The lowest BCUT2D eigenvalue weighted by Crippen LogP contribution is -2.52. The minimum absolute atomic E-state index is 0.148. The van der Waals surface area contributed by atoms with Gasteiger partial charge in [-0.1, -0.05) is 6.07 Å². The summed E-state index contributed by atoms with van der Waals surface area (Å²) in [4.78, 5) is 6.28. The average Bonchev–Trinajstić information content (AvgIpc) is 2.97. The molecule has 21 heavy (non-hydrogen) atoms. The molecule has 0 amide bonds. The Morgan fingerprint density at radius 1 is 1.00 bits per heavy atom. The van der Waals surface area contributed by atoms with Crippen molar-refractivity contribution in [2.24, 2.45) is 17.8 Å². The zero-order chi connectivity index (χ0) is 13.9. The van der Waals surface area contributed by atoms with Crippen LogP contribution >= 0.6 is 0 Å². The van der Waals surface area contributed by atoms with Crippen LogP contribution in [0.3, 0.4) is 0 Å². The van der Waals surface area contributed by atoms with Crippen molar-refractivity contribution in [3.05, 3.63) is 24.4 Å². The molecule has 4 aliphatic carbocycles. The lowest BCUT2D eigenvalue weighted by Gasteiger charge is -2.55. The maximum Gasteiger partial charge on any atom is 0.223 e. The van der Waals surface area contributed by atoms with E-state index in [4.69, 9.17) is 5.10 Å². The van der Waals surface area contributed by atoms with Gasteiger partial charge >= 0.3 is 0 Å². The largest absolute Gasteiger partial charge is 0.253 e. The summed E-state index contributed by atoms with van der Waals surface area (Å²) >= 11 is 0. The molecule has 108 valence electrons. The van der Waals surface area contributed by atoms with Crippen LogP contribution in [0.4, 0.5) is 0 Å². The fraction of sp³-hybridized carbons (Fsp3) is 0.625. The predicted octanol–water partition coefficient (Wildman–Crippen LogP) is 2.66. The molecule has 5 nitrogen and oxygen atoms in total. The third-order valence-electron chi connectivity index (χ3n) is 5.74. The molecule has 2 heterocycles. The van der Waals surface area contributed by atoms with E-state index in [0.717, 1.165) is 23.4 Å². The van der Waals surface area contributed by atoms with Crippen molar-refractivity contribution in [2.45, 2.75) is 44.1 Å². The lowest BCUT2D eigenvalue weighted by molar-refractivity contribution is -0.0573. The van der Waals surface area contributed by atoms with Gasteiger partial charge in [0.15, 0.2) is 0 Å². The maximum absolute atomic E-state index is 4.70. The van der Waals surface area contributed by atoms with Gasteiger partial charge in [0.2, 0.25) is 5.82 Å². The Hall–Kier alpha value is -1.78. The molecule has 4 saturated carbocycles. The van der Waals surface area contributed by atoms with Gasteiger partial charge in [-0.3, -0.25) is 4.98 Å². The zero-order valence-electron chi connectivity index (χ0n) is 12.0. The van der Waals surface area contributed by atoms with E-state index in [0.29, 0.717) is 5.82 Å². The van der Waals surface area contributed by atoms with Crippen molar-refractivity contribution in [2.75, 3.05) is 0 Å². The first-order chi connectivity index (χ1) is 10.3. The van der Waals surface area contributed by atoms with Crippen LogP contribution in [0.2, 0.25) is 0 Å². The highest BCUT2D eigenvalue weighted by Gasteiger charge is 2.53. The second-order valence-corrected chi connectivity index (χ2v) is 7.26. The summed E-state index contributed by atoms with van der Waals surface area (Å²) in [5.74, 6) is 3.33. The minimum atomic E-state index is 0.148. The predicted molar refractivity (Wildman–Crippen MR) is 77.2 cm³/mol. The Labute approximate surface area is 123 Å². The number of pyridine rings is 1. The summed E-state index contributed by atoms with van der Waals surface area (Å²) in [6.45, 7) is 0. The smallest absolute Gasteiger partial charge is 0.223 e. The Bertz CT molecular complexity index is 627. The van der Waals surface area contributed by atoms with E-state index in [2.05, 4.69) is 15.3 Å². The second kappa shape index (κ2) is 4.12. The van der Waals surface area contributed by atoms with Gasteiger partial charge in [0.1, 0.15) is 5.69 Å². The average molecular weight is 281 g/mol. The highest BCUT2D eigenvalue weighted by Crippen LogP contribution is 2.58. The summed E-state index contributed by atoms with van der Waals surface area (Å²) in [5.41, 5.74) is 0.961. The minimum Gasteiger partial charge on any atom is -0.253 e. The monoisotopic (exact) mass is 281 g/mol.